The molecule has 0 aliphatic rings. The molecule has 0 saturated carbocycles. The molecule has 116 valence electrons. The van der Waals surface area contributed by atoms with Gasteiger partial charge in [-0.25, -0.2) is 4.79 Å². The molecule has 1 atom stereocenters. The number of para-hydroxylation sites is 2. The number of methoxy groups -OCH3 is 1. The Kier molecular flexibility index (Phi) is 5.34. The van der Waals surface area contributed by atoms with Gasteiger partial charge in [0.1, 0.15) is 5.75 Å². The van der Waals surface area contributed by atoms with Gasteiger partial charge in [0.2, 0.25) is 0 Å². The molecule has 7 nitrogen and oxygen atoms in total. The molecule has 0 spiro atoms. The molecule has 0 radical (unpaired) electrons. The second-order valence-electron chi connectivity index (χ2n) is 4.19. The number of carbonyl (C=O) groups is 1. The van der Waals surface area contributed by atoms with Crippen LogP contribution in [0.1, 0.15) is 0 Å². The van der Waals surface area contributed by atoms with Gasteiger partial charge in [-0.3, -0.25) is 4.21 Å². The Morgan fingerprint density at radius 1 is 1.05 bits per heavy atom. The molecule has 22 heavy (non-hydrogen) atoms. The zero-order valence-electron chi connectivity index (χ0n) is 11.7. The highest BCUT2D eigenvalue weighted by molar-refractivity contribution is 7.80. The minimum absolute atomic E-state index is 0.407. The van der Waals surface area contributed by atoms with E-state index < -0.39 is 17.3 Å². The van der Waals surface area contributed by atoms with Gasteiger partial charge in [0.25, 0.3) is 0 Å². The Morgan fingerprint density at radius 2 is 1.68 bits per heavy atom. The fraction of sp³-hybridized carbons (Fsp3) is 0.0714. The van der Waals surface area contributed by atoms with Gasteiger partial charge in [0.15, 0.2) is 0 Å². The van der Waals surface area contributed by atoms with Gasteiger partial charge in [0.05, 0.1) is 12.8 Å². The summed E-state index contributed by atoms with van der Waals surface area (Å²) in [6, 6.07) is 12.8. The van der Waals surface area contributed by atoms with Crippen molar-refractivity contribution < 1.29 is 18.3 Å². The first kappa shape index (κ1) is 15.8. The van der Waals surface area contributed by atoms with Crippen molar-refractivity contribution >= 4 is 34.4 Å². The van der Waals surface area contributed by atoms with Crippen molar-refractivity contribution in [1.29, 1.82) is 0 Å². The minimum atomic E-state index is -2.38. The van der Waals surface area contributed by atoms with Crippen molar-refractivity contribution in [2.24, 2.45) is 0 Å². The molecule has 2 amide bonds. The summed E-state index contributed by atoms with van der Waals surface area (Å²) < 4.78 is 28.3. The van der Waals surface area contributed by atoms with E-state index in [0.717, 1.165) is 0 Å². The predicted octanol–water partition coefficient (Wildman–Crippen LogP) is 2.55. The largest absolute Gasteiger partial charge is 0.755 e. The Bertz CT molecular complexity index is 676. The molecule has 2 aromatic rings. The molecule has 2 aromatic carbocycles. The van der Waals surface area contributed by atoms with E-state index >= 15 is 0 Å². The van der Waals surface area contributed by atoms with E-state index in [1.54, 1.807) is 36.4 Å². The van der Waals surface area contributed by atoms with E-state index in [1.807, 2.05) is 0 Å². The summed E-state index contributed by atoms with van der Waals surface area (Å²) in [6.45, 7) is 0. The maximum atomic E-state index is 11.9. The first-order valence-corrected chi connectivity index (χ1v) is 7.33. The van der Waals surface area contributed by atoms with Gasteiger partial charge in [0, 0.05) is 22.6 Å². The Balaban J connectivity index is 1.98. The molecule has 0 fully saturated rings. The van der Waals surface area contributed by atoms with E-state index in [2.05, 4.69) is 15.4 Å². The third-order valence-corrected chi connectivity index (χ3v) is 3.10. The lowest BCUT2D eigenvalue weighted by atomic mass is 10.3. The van der Waals surface area contributed by atoms with Crippen molar-refractivity contribution in [3.8, 4) is 5.75 Å². The number of hydrogen-bond acceptors (Lipinski definition) is 4. The lowest BCUT2D eigenvalue weighted by molar-refractivity contribution is 0.262. The molecule has 1 unspecified atom stereocenters. The van der Waals surface area contributed by atoms with Crippen LogP contribution < -0.4 is 20.1 Å². The summed E-state index contributed by atoms with van der Waals surface area (Å²) in [6.07, 6.45) is 0. The third-order valence-electron chi connectivity index (χ3n) is 2.70. The van der Waals surface area contributed by atoms with Crippen molar-refractivity contribution in [3.05, 3.63) is 48.5 Å². The smallest absolute Gasteiger partial charge is 0.323 e. The average molecular weight is 320 g/mol. The average Bonchev–Trinajstić information content (AvgIpc) is 2.49. The quantitative estimate of drug-likeness (QED) is 0.737. The number of rotatable bonds is 5. The van der Waals surface area contributed by atoms with Gasteiger partial charge < -0.3 is 24.6 Å². The second-order valence-corrected chi connectivity index (χ2v) is 4.87. The molecule has 0 aliphatic carbocycles. The van der Waals surface area contributed by atoms with Crippen LogP contribution in [0.2, 0.25) is 0 Å². The first-order chi connectivity index (χ1) is 10.6. The summed E-state index contributed by atoms with van der Waals surface area (Å²) in [5, 5.41) is 5.30. The monoisotopic (exact) mass is 320 g/mol. The van der Waals surface area contributed by atoms with Crippen molar-refractivity contribution in [3.63, 3.8) is 0 Å². The fourth-order valence-electron chi connectivity index (χ4n) is 1.75. The van der Waals surface area contributed by atoms with Crippen LogP contribution in [0.3, 0.4) is 0 Å². The van der Waals surface area contributed by atoms with Crippen LogP contribution in [0.5, 0.6) is 5.75 Å². The summed E-state index contributed by atoms with van der Waals surface area (Å²) in [4.78, 5) is 11.9. The van der Waals surface area contributed by atoms with Crippen LogP contribution in [-0.4, -0.2) is 21.9 Å². The highest BCUT2D eigenvalue weighted by Crippen LogP contribution is 2.23. The van der Waals surface area contributed by atoms with Crippen LogP contribution in [0.15, 0.2) is 48.5 Å². The number of urea groups is 1. The topological polar surface area (TPSA) is 103 Å². The molecule has 0 bridgehead atoms. The van der Waals surface area contributed by atoms with Crippen molar-refractivity contribution in [2.75, 3.05) is 22.5 Å². The Labute approximate surface area is 130 Å². The second kappa shape index (κ2) is 7.43. The van der Waals surface area contributed by atoms with Crippen molar-refractivity contribution in [2.45, 2.75) is 0 Å². The third kappa shape index (κ3) is 4.47. The molecular weight excluding hydrogens is 306 g/mol. The van der Waals surface area contributed by atoms with Crippen LogP contribution in [0.4, 0.5) is 21.9 Å². The van der Waals surface area contributed by atoms with Crippen LogP contribution in [0.25, 0.3) is 0 Å². The predicted molar refractivity (Wildman–Crippen MR) is 84.6 cm³/mol. The zero-order valence-corrected chi connectivity index (χ0v) is 12.5. The molecule has 0 aromatic heterocycles. The van der Waals surface area contributed by atoms with E-state index in [1.165, 1.54) is 19.2 Å². The van der Waals surface area contributed by atoms with Crippen LogP contribution in [0, 0.1) is 0 Å². The number of carbonyl (C=O) groups excluding carboxylic acids is 1. The van der Waals surface area contributed by atoms with E-state index in [9.17, 15) is 13.6 Å². The van der Waals surface area contributed by atoms with Crippen molar-refractivity contribution in [1.82, 2.24) is 0 Å². The molecular formula is C14H14N3O4S-. The van der Waals surface area contributed by atoms with Gasteiger partial charge in [-0.1, -0.05) is 12.1 Å². The normalized spacial score (nSPS) is 11.4. The first-order valence-electron chi connectivity index (χ1n) is 6.25. The molecule has 0 aliphatic heterocycles. The highest BCUT2D eigenvalue weighted by atomic mass is 32.2. The van der Waals surface area contributed by atoms with Gasteiger partial charge in [-0.15, -0.1) is 0 Å². The highest BCUT2D eigenvalue weighted by Gasteiger charge is 2.06. The van der Waals surface area contributed by atoms with E-state index in [-0.39, 0.29) is 0 Å². The van der Waals surface area contributed by atoms with Gasteiger partial charge in [-0.05, 0) is 36.4 Å². The summed E-state index contributed by atoms with van der Waals surface area (Å²) in [5.41, 5.74) is 1.47. The molecule has 0 saturated heterocycles. The SMILES string of the molecule is COc1ccccc1NC(=O)Nc1ccc(NS(=O)[O-])cc1. The molecule has 2 rings (SSSR count). The lowest BCUT2D eigenvalue weighted by Crippen LogP contribution is -2.19. The molecule has 3 N–H and O–H groups in total. The number of ether oxygens (including phenoxy) is 1. The van der Waals surface area contributed by atoms with Crippen LogP contribution >= 0.6 is 0 Å². The standard InChI is InChI=1S/C14H15N3O4S/c1-21-13-5-3-2-4-12(13)16-14(18)15-10-6-8-11(9-7-10)17-22(19)20/h2-9,17H,1H3,(H,19,20)(H2,15,16,18)/p-1. The number of hydrogen-bond donors (Lipinski definition) is 3. The molecule has 0 heterocycles. The minimum Gasteiger partial charge on any atom is -0.755 e. The number of nitrogens with one attached hydrogen (secondary N) is 3. The maximum Gasteiger partial charge on any atom is 0.323 e. The number of benzene rings is 2. The maximum absolute atomic E-state index is 11.9. The summed E-state index contributed by atoms with van der Waals surface area (Å²) in [7, 11) is 1.52. The number of amides is 2. The summed E-state index contributed by atoms with van der Waals surface area (Å²) >= 11 is -2.38. The van der Waals surface area contributed by atoms with Gasteiger partial charge in [-0.2, -0.15) is 0 Å². The Morgan fingerprint density at radius 3 is 2.32 bits per heavy atom. The van der Waals surface area contributed by atoms with Crippen LogP contribution in [-0.2, 0) is 11.3 Å². The Hall–Kier alpha value is -2.58. The lowest BCUT2D eigenvalue weighted by Gasteiger charge is -2.12. The van der Waals surface area contributed by atoms with Gasteiger partial charge >= 0.3 is 6.03 Å². The van der Waals surface area contributed by atoms with E-state index in [0.29, 0.717) is 22.8 Å². The van der Waals surface area contributed by atoms with E-state index in [4.69, 9.17) is 4.74 Å². The zero-order chi connectivity index (χ0) is 15.9. The number of anilines is 3. The fourth-order valence-corrected chi connectivity index (χ4v) is 2.08. The summed E-state index contributed by atoms with van der Waals surface area (Å²) in [5.74, 6) is 0.551. The molecule has 8 heteroatoms.